The van der Waals surface area contributed by atoms with Crippen molar-refractivity contribution < 1.29 is 13.6 Å². The molecule has 4 N–H and O–H groups in total. The number of aldehydes is 1. The molecule has 0 spiro atoms. The van der Waals surface area contributed by atoms with Crippen LogP contribution in [0.1, 0.15) is 22.3 Å². The smallest absolute Gasteiger partial charge is 0.267 e. The lowest BCUT2D eigenvalue weighted by molar-refractivity contribution is 0.112. The topological polar surface area (TPSA) is 82.0 Å². The summed E-state index contributed by atoms with van der Waals surface area (Å²) in [7, 11) is 0. The molecule has 1 rings (SSSR count). The number of anilines is 2. The van der Waals surface area contributed by atoms with E-state index in [1.807, 2.05) is 0 Å². The second kappa shape index (κ2) is 3.34. The summed E-state index contributed by atoms with van der Waals surface area (Å²) in [5.41, 5.74) is 9.53. The van der Waals surface area contributed by atoms with Crippen LogP contribution in [0.4, 0.5) is 20.3 Å². The Hall–Kier alpha value is -1.72. The molecule has 70 valence electrons. The number of nitrogen functional groups attached to an aromatic ring is 2. The van der Waals surface area contributed by atoms with Crippen molar-refractivity contribution in [3.8, 4) is 0 Å². The van der Waals surface area contributed by atoms with Crippen molar-refractivity contribution in [2.45, 2.75) is 6.43 Å². The number of aromatic nitrogens is 1. The van der Waals surface area contributed by atoms with Crippen LogP contribution in [0.2, 0.25) is 0 Å². The van der Waals surface area contributed by atoms with E-state index in [4.69, 9.17) is 11.5 Å². The summed E-state index contributed by atoms with van der Waals surface area (Å²) in [6, 6.07) is 0. The molecule has 0 saturated heterocycles. The normalized spacial score (nSPS) is 10.4. The van der Waals surface area contributed by atoms with Crippen molar-refractivity contribution >= 4 is 17.8 Å². The number of nitrogens with zero attached hydrogens (tertiary/aromatic N) is 1. The van der Waals surface area contributed by atoms with Crippen LogP contribution in [0, 0.1) is 0 Å². The predicted octanol–water partition coefficient (Wildman–Crippen LogP) is 0.996. The Morgan fingerprint density at radius 2 is 2.08 bits per heavy atom. The molecule has 13 heavy (non-hydrogen) atoms. The van der Waals surface area contributed by atoms with Gasteiger partial charge < -0.3 is 11.5 Å². The molecule has 0 aromatic carbocycles. The SMILES string of the molecule is Nc1ncc(C(F)F)c(N)c1C=O. The van der Waals surface area contributed by atoms with E-state index in [9.17, 15) is 13.6 Å². The molecular weight excluding hydrogens is 180 g/mol. The third-order valence-electron chi connectivity index (χ3n) is 1.57. The first-order valence-electron chi connectivity index (χ1n) is 3.35. The monoisotopic (exact) mass is 187 g/mol. The Morgan fingerprint density at radius 3 is 2.54 bits per heavy atom. The van der Waals surface area contributed by atoms with Crippen LogP contribution in [-0.4, -0.2) is 11.3 Å². The minimum atomic E-state index is -2.76. The van der Waals surface area contributed by atoms with Gasteiger partial charge >= 0.3 is 0 Å². The van der Waals surface area contributed by atoms with Gasteiger partial charge in [0.1, 0.15) is 5.82 Å². The molecule has 0 aliphatic carbocycles. The molecule has 4 nitrogen and oxygen atoms in total. The van der Waals surface area contributed by atoms with E-state index in [2.05, 4.69) is 4.98 Å². The number of alkyl halides is 2. The Balaban J connectivity index is 3.35. The molecule has 0 unspecified atom stereocenters. The molecule has 0 radical (unpaired) electrons. The summed E-state index contributed by atoms with van der Waals surface area (Å²) in [6.07, 6.45) is -1.59. The van der Waals surface area contributed by atoms with Gasteiger partial charge in [-0.2, -0.15) is 0 Å². The number of carbonyl (C=O) groups excluding carboxylic acids is 1. The summed E-state index contributed by atoms with van der Waals surface area (Å²) in [4.78, 5) is 13.8. The fourth-order valence-electron chi connectivity index (χ4n) is 0.869. The molecule has 1 aromatic heterocycles. The molecular formula is C7H7F2N3O. The lowest BCUT2D eigenvalue weighted by Gasteiger charge is -2.07. The molecule has 0 aliphatic rings. The predicted molar refractivity (Wildman–Crippen MR) is 43.4 cm³/mol. The van der Waals surface area contributed by atoms with Crippen LogP contribution >= 0.6 is 0 Å². The van der Waals surface area contributed by atoms with Gasteiger partial charge in [0.2, 0.25) is 0 Å². The van der Waals surface area contributed by atoms with Crippen LogP contribution in [0.15, 0.2) is 6.20 Å². The molecule has 1 heterocycles. The highest BCUT2D eigenvalue weighted by Crippen LogP contribution is 2.28. The number of rotatable bonds is 2. The second-order valence-electron chi connectivity index (χ2n) is 2.34. The van der Waals surface area contributed by atoms with Gasteiger partial charge in [0.05, 0.1) is 16.8 Å². The lowest BCUT2D eigenvalue weighted by atomic mass is 10.1. The molecule has 0 fully saturated rings. The third-order valence-corrected chi connectivity index (χ3v) is 1.57. The van der Waals surface area contributed by atoms with Gasteiger partial charge in [0.25, 0.3) is 6.43 Å². The molecule has 0 amide bonds. The minimum absolute atomic E-state index is 0.142. The summed E-state index contributed by atoms with van der Waals surface area (Å²) in [6.45, 7) is 0. The first-order chi connectivity index (χ1) is 6.07. The average Bonchev–Trinajstić information content (AvgIpc) is 2.04. The van der Waals surface area contributed by atoms with Gasteiger partial charge in [0.15, 0.2) is 6.29 Å². The molecule has 0 atom stereocenters. The van der Waals surface area contributed by atoms with E-state index < -0.39 is 12.0 Å². The lowest BCUT2D eigenvalue weighted by Crippen LogP contribution is -2.05. The number of pyridine rings is 1. The van der Waals surface area contributed by atoms with Crippen LogP contribution in [-0.2, 0) is 0 Å². The Morgan fingerprint density at radius 1 is 1.46 bits per heavy atom. The van der Waals surface area contributed by atoms with Gasteiger partial charge in [0, 0.05) is 6.20 Å². The maximum atomic E-state index is 12.2. The third kappa shape index (κ3) is 1.56. The van der Waals surface area contributed by atoms with Crippen LogP contribution in [0.5, 0.6) is 0 Å². The zero-order valence-electron chi connectivity index (χ0n) is 6.50. The van der Waals surface area contributed by atoms with Gasteiger partial charge in [-0.15, -0.1) is 0 Å². The Kier molecular flexibility index (Phi) is 2.41. The molecule has 6 heteroatoms. The zero-order valence-corrected chi connectivity index (χ0v) is 6.50. The summed E-state index contributed by atoms with van der Waals surface area (Å²) in [5, 5.41) is 0. The summed E-state index contributed by atoms with van der Waals surface area (Å²) >= 11 is 0. The Labute approximate surface area is 72.6 Å². The second-order valence-corrected chi connectivity index (χ2v) is 2.34. The number of halogens is 2. The van der Waals surface area contributed by atoms with E-state index in [1.165, 1.54) is 0 Å². The van der Waals surface area contributed by atoms with Crippen LogP contribution < -0.4 is 11.5 Å². The van der Waals surface area contributed by atoms with E-state index in [-0.39, 0.29) is 17.1 Å². The van der Waals surface area contributed by atoms with Crippen molar-refractivity contribution in [1.82, 2.24) is 4.98 Å². The molecule has 0 aliphatic heterocycles. The minimum Gasteiger partial charge on any atom is -0.398 e. The van der Waals surface area contributed by atoms with E-state index in [0.29, 0.717) is 6.29 Å². The fourth-order valence-corrected chi connectivity index (χ4v) is 0.869. The number of hydrogen-bond donors (Lipinski definition) is 2. The number of nitrogens with two attached hydrogens (primary N) is 2. The van der Waals surface area contributed by atoms with Crippen molar-refractivity contribution in [3.63, 3.8) is 0 Å². The van der Waals surface area contributed by atoms with Gasteiger partial charge in [-0.05, 0) is 0 Å². The molecule has 0 bridgehead atoms. The Bertz CT molecular complexity index is 341. The molecule has 1 aromatic rings. The van der Waals surface area contributed by atoms with Crippen molar-refractivity contribution in [2.75, 3.05) is 11.5 Å². The average molecular weight is 187 g/mol. The quantitative estimate of drug-likeness (QED) is 0.676. The van der Waals surface area contributed by atoms with E-state index >= 15 is 0 Å². The standard InChI is InChI=1S/C7H7F2N3O/c8-6(9)3-1-12-7(11)4(2-13)5(3)10/h1-2,6H,(H4,10,11,12). The highest BCUT2D eigenvalue weighted by molar-refractivity contribution is 5.90. The number of carbonyl (C=O) groups is 1. The van der Waals surface area contributed by atoms with E-state index in [1.54, 1.807) is 0 Å². The summed E-state index contributed by atoms with van der Waals surface area (Å²) < 4.78 is 24.4. The van der Waals surface area contributed by atoms with Crippen molar-refractivity contribution in [3.05, 3.63) is 17.3 Å². The highest BCUT2D eigenvalue weighted by atomic mass is 19.3. The van der Waals surface area contributed by atoms with Crippen LogP contribution in [0.3, 0.4) is 0 Å². The van der Waals surface area contributed by atoms with E-state index in [0.717, 1.165) is 6.20 Å². The zero-order chi connectivity index (χ0) is 10.0. The van der Waals surface area contributed by atoms with Gasteiger partial charge in [-0.3, -0.25) is 4.79 Å². The van der Waals surface area contributed by atoms with Gasteiger partial charge in [-0.25, -0.2) is 13.8 Å². The fraction of sp³-hybridized carbons (Fsp3) is 0.143. The van der Waals surface area contributed by atoms with Crippen molar-refractivity contribution in [2.24, 2.45) is 0 Å². The maximum Gasteiger partial charge on any atom is 0.267 e. The maximum absolute atomic E-state index is 12.2. The summed E-state index contributed by atoms with van der Waals surface area (Å²) in [5.74, 6) is -0.142. The largest absolute Gasteiger partial charge is 0.398 e. The van der Waals surface area contributed by atoms with Crippen LogP contribution in [0.25, 0.3) is 0 Å². The first-order valence-corrected chi connectivity index (χ1v) is 3.35. The van der Waals surface area contributed by atoms with Crippen molar-refractivity contribution in [1.29, 1.82) is 0 Å². The molecule has 0 saturated carbocycles. The first kappa shape index (κ1) is 9.37. The highest BCUT2D eigenvalue weighted by Gasteiger charge is 2.16. The number of hydrogen-bond acceptors (Lipinski definition) is 4. The van der Waals surface area contributed by atoms with Gasteiger partial charge in [-0.1, -0.05) is 0 Å².